The Labute approximate surface area is 163 Å². The summed E-state index contributed by atoms with van der Waals surface area (Å²) in [6.07, 6.45) is 0.386. The van der Waals surface area contributed by atoms with Crippen LogP contribution in [0.4, 0.5) is 0 Å². The zero-order valence-corrected chi connectivity index (χ0v) is 16.3. The van der Waals surface area contributed by atoms with Crippen LogP contribution in [-0.4, -0.2) is 47.8 Å². The molecule has 0 aromatic heterocycles. The summed E-state index contributed by atoms with van der Waals surface area (Å²) >= 11 is 0. The molecule has 152 valence electrons. The molecule has 9 nitrogen and oxygen atoms in total. The number of carbonyl (C=O) groups excluding carboxylic acids is 3. The van der Waals surface area contributed by atoms with Crippen molar-refractivity contribution in [2.45, 2.75) is 46.5 Å². The van der Waals surface area contributed by atoms with E-state index < -0.39 is 37.2 Å². The van der Waals surface area contributed by atoms with Crippen LogP contribution in [0.15, 0.2) is 12.1 Å². The Balaban J connectivity index is 2.14. The molecular weight excluding hydrogens is 369 g/mol. The van der Waals surface area contributed by atoms with Gasteiger partial charge in [-0.3, -0.25) is 9.59 Å². The van der Waals surface area contributed by atoms with Crippen molar-refractivity contribution in [2.75, 3.05) is 6.79 Å². The van der Waals surface area contributed by atoms with Gasteiger partial charge in [-0.05, 0) is 44.9 Å². The Morgan fingerprint density at radius 3 is 2.57 bits per heavy atom. The molecule has 0 fully saturated rings. The number of nitrogens with one attached hydrogen (secondary N) is 1. The molecule has 0 aliphatic carbocycles. The van der Waals surface area contributed by atoms with Crippen LogP contribution in [0.2, 0.25) is 0 Å². The third kappa shape index (κ3) is 5.16. The minimum absolute atomic E-state index is 0.0412. The van der Waals surface area contributed by atoms with E-state index in [2.05, 4.69) is 5.32 Å². The monoisotopic (exact) mass is 393 g/mol. The van der Waals surface area contributed by atoms with Crippen molar-refractivity contribution in [2.24, 2.45) is 5.41 Å². The second-order valence-corrected chi connectivity index (χ2v) is 7.45. The number of ether oxygens (including phenoxy) is 2. The van der Waals surface area contributed by atoms with Gasteiger partial charge in [-0.2, -0.15) is 0 Å². The first-order chi connectivity index (χ1) is 13.0. The van der Waals surface area contributed by atoms with Gasteiger partial charge in [0.15, 0.2) is 0 Å². The molecule has 1 aromatic carbocycles. The fourth-order valence-corrected chi connectivity index (χ4v) is 2.52. The molecule has 2 rings (SSSR count). The maximum Gasteiger partial charge on any atom is 0.547 e. The SMILES string of the molecule is CCC(=O)NC1Cc2cc(O)cc(C(=O)OCOC(=O)C(C)(C)C)c2OB1O. The molecule has 0 bridgehead atoms. The van der Waals surface area contributed by atoms with E-state index in [1.807, 2.05) is 0 Å². The van der Waals surface area contributed by atoms with Gasteiger partial charge in [-0.1, -0.05) is 6.92 Å². The molecule has 1 unspecified atom stereocenters. The Bertz CT molecular complexity index is 774. The van der Waals surface area contributed by atoms with Gasteiger partial charge in [0.1, 0.15) is 17.1 Å². The Morgan fingerprint density at radius 1 is 1.29 bits per heavy atom. The van der Waals surface area contributed by atoms with E-state index >= 15 is 0 Å². The molecule has 1 aromatic rings. The number of amides is 1. The summed E-state index contributed by atoms with van der Waals surface area (Å²) in [5.41, 5.74) is -0.451. The fourth-order valence-electron chi connectivity index (χ4n) is 2.52. The highest BCUT2D eigenvalue weighted by Gasteiger charge is 2.38. The zero-order valence-electron chi connectivity index (χ0n) is 16.3. The molecule has 10 heteroatoms. The lowest BCUT2D eigenvalue weighted by atomic mass is 9.72. The number of esters is 2. The molecule has 1 atom stereocenters. The predicted molar refractivity (Wildman–Crippen MR) is 98.5 cm³/mol. The van der Waals surface area contributed by atoms with Gasteiger partial charge >= 0.3 is 19.1 Å². The maximum atomic E-state index is 12.4. The molecule has 0 spiro atoms. The van der Waals surface area contributed by atoms with Crippen LogP contribution < -0.4 is 9.97 Å². The number of hydrogen-bond acceptors (Lipinski definition) is 8. The minimum atomic E-state index is -1.38. The summed E-state index contributed by atoms with van der Waals surface area (Å²) in [6.45, 7) is 6.05. The van der Waals surface area contributed by atoms with Crippen LogP contribution in [-0.2, 0) is 25.5 Å². The number of aromatic hydroxyl groups is 1. The third-order valence-corrected chi connectivity index (χ3v) is 4.05. The van der Waals surface area contributed by atoms with Crippen LogP contribution >= 0.6 is 0 Å². The summed E-state index contributed by atoms with van der Waals surface area (Å²) in [7, 11) is -1.38. The highest BCUT2D eigenvalue weighted by atomic mass is 16.7. The molecule has 28 heavy (non-hydrogen) atoms. The highest BCUT2D eigenvalue weighted by molar-refractivity contribution is 6.47. The van der Waals surface area contributed by atoms with Crippen molar-refractivity contribution < 1.29 is 38.6 Å². The standard InChI is InChI=1S/C18H24BNO8/c1-5-14(22)20-13-7-10-6-11(21)8-12(15(10)28-19(13)25)16(23)26-9-27-17(24)18(2,3)4/h6,8,13,21,25H,5,7,9H2,1-4H3,(H,20,22). The summed E-state index contributed by atoms with van der Waals surface area (Å²) in [6, 6.07) is 2.51. The van der Waals surface area contributed by atoms with Crippen LogP contribution in [0.3, 0.4) is 0 Å². The average molecular weight is 393 g/mol. The minimum Gasteiger partial charge on any atom is -0.534 e. The largest absolute Gasteiger partial charge is 0.547 e. The van der Waals surface area contributed by atoms with Gasteiger partial charge < -0.3 is 29.6 Å². The Kier molecular flexibility index (Phi) is 6.55. The van der Waals surface area contributed by atoms with Gasteiger partial charge in [0.05, 0.1) is 11.4 Å². The number of phenols is 1. The van der Waals surface area contributed by atoms with E-state index in [1.54, 1.807) is 27.7 Å². The topological polar surface area (TPSA) is 131 Å². The van der Waals surface area contributed by atoms with Crippen molar-refractivity contribution in [1.82, 2.24) is 5.32 Å². The molecule has 0 saturated carbocycles. The second kappa shape index (κ2) is 8.51. The van der Waals surface area contributed by atoms with E-state index in [0.29, 0.717) is 5.56 Å². The summed E-state index contributed by atoms with van der Waals surface area (Å²) in [4.78, 5) is 35.7. The van der Waals surface area contributed by atoms with Gasteiger partial charge in [0.2, 0.25) is 12.7 Å². The summed E-state index contributed by atoms with van der Waals surface area (Å²) in [5.74, 6) is -2.59. The average Bonchev–Trinajstić information content (AvgIpc) is 2.60. The second-order valence-electron chi connectivity index (χ2n) is 7.45. The quantitative estimate of drug-likeness (QED) is 0.383. The van der Waals surface area contributed by atoms with Crippen LogP contribution in [0.1, 0.15) is 50.0 Å². The fraction of sp³-hybridized carbons (Fsp3) is 0.500. The Morgan fingerprint density at radius 2 is 1.96 bits per heavy atom. The number of carbonyl (C=O) groups is 3. The third-order valence-electron chi connectivity index (χ3n) is 4.05. The first-order valence-corrected chi connectivity index (χ1v) is 8.87. The lowest BCUT2D eigenvalue weighted by Gasteiger charge is -2.29. The molecule has 0 saturated heterocycles. The van der Waals surface area contributed by atoms with Crippen LogP contribution in [0.25, 0.3) is 0 Å². The lowest BCUT2D eigenvalue weighted by Crippen LogP contribution is -2.53. The molecule has 1 heterocycles. The number of benzene rings is 1. The Hall–Kier alpha value is -2.75. The van der Waals surface area contributed by atoms with Crippen molar-refractivity contribution in [3.05, 3.63) is 23.3 Å². The van der Waals surface area contributed by atoms with E-state index in [0.717, 1.165) is 6.07 Å². The highest BCUT2D eigenvalue weighted by Crippen LogP contribution is 2.34. The predicted octanol–water partition coefficient (Wildman–Crippen LogP) is 0.945. The maximum absolute atomic E-state index is 12.4. The van der Waals surface area contributed by atoms with E-state index in [9.17, 15) is 24.5 Å². The van der Waals surface area contributed by atoms with E-state index in [1.165, 1.54) is 6.07 Å². The first kappa shape index (κ1) is 21.6. The van der Waals surface area contributed by atoms with Gasteiger partial charge in [0, 0.05) is 6.42 Å². The van der Waals surface area contributed by atoms with E-state index in [-0.39, 0.29) is 35.8 Å². The zero-order chi connectivity index (χ0) is 21.1. The van der Waals surface area contributed by atoms with Crippen molar-refractivity contribution in [3.63, 3.8) is 0 Å². The van der Waals surface area contributed by atoms with Crippen molar-refractivity contribution in [3.8, 4) is 11.5 Å². The number of phenolic OH excluding ortho intramolecular Hbond substituents is 1. The molecule has 1 aliphatic rings. The smallest absolute Gasteiger partial charge is 0.534 e. The van der Waals surface area contributed by atoms with Crippen LogP contribution in [0.5, 0.6) is 11.5 Å². The number of fused-ring (bicyclic) bond motifs is 1. The first-order valence-electron chi connectivity index (χ1n) is 8.87. The van der Waals surface area contributed by atoms with Crippen molar-refractivity contribution >= 4 is 25.0 Å². The number of hydrogen-bond donors (Lipinski definition) is 3. The van der Waals surface area contributed by atoms with Crippen molar-refractivity contribution in [1.29, 1.82) is 0 Å². The molecule has 3 N–H and O–H groups in total. The summed E-state index contributed by atoms with van der Waals surface area (Å²) in [5, 5.41) is 22.7. The molecular formula is C18H24BNO8. The van der Waals surface area contributed by atoms with Crippen LogP contribution in [0, 0.1) is 5.41 Å². The summed E-state index contributed by atoms with van der Waals surface area (Å²) < 4.78 is 15.2. The van der Waals surface area contributed by atoms with Gasteiger partial charge in [-0.25, -0.2) is 4.79 Å². The molecule has 0 radical (unpaired) electrons. The lowest BCUT2D eigenvalue weighted by molar-refractivity contribution is -0.161. The molecule has 1 aliphatic heterocycles. The molecule has 1 amide bonds. The van der Waals surface area contributed by atoms with E-state index in [4.69, 9.17) is 14.1 Å². The normalized spacial score (nSPS) is 15.9. The van der Waals surface area contributed by atoms with Gasteiger partial charge in [0.25, 0.3) is 0 Å². The number of rotatable bonds is 5. The van der Waals surface area contributed by atoms with Gasteiger partial charge in [-0.15, -0.1) is 0 Å².